The minimum Gasteiger partial charge on any atom is -0.480 e. The zero-order valence-corrected chi connectivity index (χ0v) is 10.9. The number of hydrogen-bond donors (Lipinski definition) is 0. The molecule has 1 aliphatic rings. The van der Waals surface area contributed by atoms with Crippen molar-refractivity contribution in [2.24, 2.45) is 0 Å². The van der Waals surface area contributed by atoms with Crippen molar-refractivity contribution in [1.82, 2.24) is 10.2 Å². The van der Waals surface area contributed by atoms with Gasteiger partial charge in [0.15, 0.2) is 0 Å². The van der Waals surface area contributed by atoms with Crippen LogP contribution in [-0.4, -0.2) is 35.6 Å². The highest BCUT2D eigenvalue weighted by molar-refractivity contribution is 6.61. The second-order valence-electron chi connectivity index (χ2n) is 5.09. The molecule has 17 heavy (non-hydrogen) atoms. The van der Waals surface area contributed by atoms with E-state index in [9.17, 15) is 0 Å². The molecule has 92 valence electrons. The summed E-state index contributed by atoms with van der Waals surface area (Å²) >= 11 is 0. The molecule has 5 nitrogen and oxygen atoms in total. The number of hydrogen-bond acceptors (Lipinski definition) is 5. The summed E-state index contributed by atoms with van der Waals surface area (Å²) in [6, 6.07) is 3.54. The van der Waals surface area contributed by atoms with Crippen molar-refractivity contribution in [2.45, 2.75) is 38.9 Å². The fourth-order valence-corrected chi connectivity index (χ4v) is 1.53. The third kappa shape index (κ3) is 2.15. The van der Waals surface area contributed by atoms with Gasteiger partial charge in [-0.3, -0.25) is 0 Å². The fraction of sp³-hybridized carbons (Fsp3) is 0.636. The smallest absolute Gasteiger partial charge is 0.480 e. The first-order valence-electron chi connectivity index (χ1n) is 5.59. The molecule has 1 aromatic rings. The molecule has 0 atom stereocenters. The van der Waals surface area contributed by atoms with Crippen LogP contribution in [0.3, 0.4) is 0 Å². The first kappa shape index (κ1) is 12.3. The minimum atomic E-state index is -0.474. The second kappa shape index (κ2) is 3.96. The van der Waals surface area contributed by atoms with Gasteiger partial charge in [0.05, 0.1) is 23.9 Å². The summed E-state index contributed by atoms with van der Waals surface area (Å²) in [5.41, 5.74) is -0.0668. The molecule has 2 heterocycles. The molecule has 0 aliphatic carbocycles. The van der Waals surface area contributed by atoms with Gasteiger partial charge in [0.25, 0.3) is 0 Å². The molecule has 0 spiro atoms. The summed E-state index contributed by atoms with van der Waals surface area (Å²) < 4.78 is 16.7. The summed E-state index contributed by atoms with van der Waals surface area (Å²) in [7, 11) is 1.08. The van der Waals surface area contributed by atoms with E-state index in [0.29, 0.717) is 11.5 Å². The van der Waals surface area contributed by atoms with Gasteiger partial charge < -0.3 is 14.0 Å². The van der Waals surface area contributed by atoms with Crippen LogP contribution in [-0.2, 0) is 9.31 Å². The van der Waals surface area contributed by atoms with E-state index in [4.69, 9.17) is 14.0 Å². The Morgan fingerprint density at radius 2 is 1.65 bits per heavy atom. The molecular weight excluding hydrogens is 219 g/mol. The average Bonchev–Trinajstić information content (AvgIpc) is 2.48. The first-order valence-corrected chi connectivity index (χ1v) is 5.59. The van der Waals surface area contributed by atoms with Crippen LogP contribution in [0.5, 0.6) is 5.88 Å². The zero-order valence-electron chi connectivity index (χ0n) is 10.9. The molecule has 0 unspecified atom stereocenters. The highest BCUT2D eigenvalue weighted by atomic mass is 16.7. The standard InChI is InChI=1S/C11H17BN2O3/c1-10(2)11(3,4)17-12(16-10)8-6-7-9(15-5)14-13-8/h6-7H,1-5H3. The van der Waals surface area contributed by atoms with Crippen molar-refractivity contribution in [2.75, 3.05) is 7.11 Å². The van der Waals surface area contributed by atoms with Gasteiger partial charge in [0.2, 0.25) is 5.88 Å². The molecule has 0 amide bonds. The normalized spacial score (nSPS) is 21.6. The molecule has 6 heteroatoms. The van der Waals surface area contributed by atoms with Gasteiger partial charge in [-0.2, -0.15) is 5.10 Å². The van der Waals surface area contributed by atoms with Crippen LogP contribution in [0.1, 0.15) is 27.7 Å². The summed E-state index contributed by atoms with van der Waals surface area (Å²) in [6.07, 6.45) is 0. The van der Waals surface area contributed by atoms with Crippen molar-refractivity contribution in [3.63, 3.8) is 0 Å². The maximum absolute atomic E-state index is 5.86. The van der Waals surface area contributed by atoms with E-state index in [1.165, 1.54) is 0 Å². The lowest BCUT2D eigenvalue weighted by Crippen LogP contribution is -2.41. The third-order valence-electron chi connectivity index (χ3n) is 3.36. The molecule has 1 aromatic heterocycles. The Hall–Kier alpha value is -1.14. The molecule has 1 saturated heterocycles. The van der Waals surface area contributed by atoms with E-state index in [1.54, 1.807) is 19.2 Å². The highest BCUT2D eigenvalue weighted by Gasteiger charge is 2.52. The molecule has 0 bridgehead atoms. The SMILES string of the molecule is COc1ccc(B2OC(C)(C)C(C)(C)O2)nn1. The van der Waals surface area contributed by atoms with E-state index >= 15 is 0 Å². The Morgan fingerprint density at radius 1 is 1.06 bits per heavy atom. The zero-order chi connectivity index (χ0) is 12.7. The van der Waals surface area contributed by atoms with Crippen molar-refractivity contribution < 1.29 is 14.0 Å². The van der Waals surface area contributed by atoms with Crippen molar-refractivity contribution in [3.8, 4) is 5.88 Å². The van der Waals surface area contributed by atoms with Gasteiger partial charge in [-0.1, -0.05) is 0 Å². The van der Waals surface area contributed by atoms with Crippen LogP contribution >= 0.6 is 0 Å². The largest absolute Gasteiger partial charge is 0.516 e. The van der Waals surface area contributed by atoms with E-state index in [-0.39, 0.29) is 11.2 Å². The van der Waals surface area contributed by atoms with E-state index in [1.807, 2.05) is 27.7 Å². The Kier molecular flexibility index (Phi) is 2.87. The quantitative estimate of drug-likeness (QED) is 0.710. The summed E-state index contributed by atoms with van der Waals surface area (Å²) in [4.78, 5) is 0. The maximum atomic E-state index is 5.86. The molecule has 0 radical (unpaired) electrons. The van der Waals surface area contributed by atoms with Crippen LogP contribution in [0, 0.1) is 0 Å². The van der Waals surface area contributed by atoms with E-state index < -0.39 is 7.12 Å². The van der Waals surface area contributed by atoms with Crippen molar-refractivity contribution in [1.29, 1.82) is 0 Å². The summed E-state index contributed by atoms with van der Waals surface area (Å²) in [5.74, 6) is 0.477. The lowest BCUT2D eigenvalue weighted by molar-refractivity contribution is 0.00578. The second-order valence-corrected chi connectivity index (χ2v) is 5.09. The molecule has 0 N–H and O–H groups in total. The lowest BCUT2D eigenvalue weighted by Gasteiger charge is -2.32. The third-order valence-corrected chi connectivity index (χ3v) is 3.36. The first-order chi connectivity index (χ1) is 7.86. The van der Waals surface area contributed by atoms with Crippen LogP contribution in [0.4, 0.5) is 0 Å². The minimum absolute atomic E-state index is 0.362. The predicted molar refractivity (Wildman–Crippen MR) is 64.3 cm³/mol. The number of rotatable bonds is 2. The van der Waals surface area contributed by atoms with Crippen LogP contribution in [0.15, 0.2) is 12.1 Å². The molecule has 0 aromatic carbocycles. The topological polar surface area (TPSA) is 53.5 Å². The molecular formula is C11H17BN2O3. The van der Waals surface area contributed by atoms with Gasteiger partial charge >= 0.3 is 7.12 Å². The summed E-state index contributed by atoms with van der Waals surface area (Å²) in [6.45, 7) is 8.02. The maximum Gasteiger partial charge on any atom is 0.516 e. The number of nitrogens with zero attached hydrogens (tertiary/aromatic N) is 2. The molecule has 0 saturated carbocycles. The Bertz CT molecular complexity index is 390. The van der Waals surface area contributed by atoms with Crippen molar-refractivity contribution in [3.05, 3.63) is 12.1 Å². The van der Waals surface area contributed by atoms with Gasteiger partial charge in [-0.25, -0.2) is 0 Å². The van der Waals surface area contributed by atoms with Crippen molar-refractivity contribution >= 4 is 12.7 Å². The number of aromatic nitrogens is 2. The lowest BCUT2D eigenvalue weighted by atomic mass is 9.85. The Morgan fingerprint density at radius 3 is 2.06 bits per heavy atom. The highest BCUT2D eigenvalue weighted by Crippen LogP contribution is 2.36. The molecule has 1 fully saturated rings. The van der Waals surface area contributed by atoms with Crippen LogP contribution in [0.2, 0.25) is 0 Å². The fourth-order valence-electron chi connectivity index (χ4n) is 1.53. The Balaban J connectivity index is 2.20. The van der Waals surface area contributed by atoms with E-state index in [0.717, 1.165) is 0 Å². The average molecular weight is 236 g/mol. The van der Waals surface area contributed by atoms with Crippen LogP contribution in [0.25, 0.3) is 0 Å². The monoisotopic (exact) mass is 236 g/mol. The summed E-state index contributed by atoms with van der Waals surface area (Å²) in [5, 5.41) is 7.94. The predicted octanol–water partition coefficient (Wildman–Crippen LogP) is 0.784. The van der Waals surface area contributed by atoms with Gasteiger partial charge in [-0.05, 0) is 33.8 Å². The van der Waals surface area contributed by atoms with Gasteiger partial charge in [-0.15, -0.1) is 5.10 Å². The van der Waals surface area contributed by atoms with Gasteiger partial charge in [0.1, 0.15) is 0 Å². The van der Waals surface area contributed by atoms with Gasteiger partial charge in [0, 0.05) is 6.07 Å². The molecule has 1 aliphatic heterocycles. The Labute approximate surface area is 102 Å². The number of ether oxygens (including phenoxy) is 1. The van der Waals surface area contributed by atoms with Crippen LogP contribution < -0.4 is 10.3 Å². The molecule has 2 rings (SSSR count). The van der Waals surface area contributed by atoms with E-state index in [2.05, 4.69) is 10.2 Å². The number of methoxy groups -OCH3 is 1.